The van der Waals surface area contributed by atoms with Crippen LogP contribution in [-0.4, -0.2) is 26.6 Å². The Labute approximate surface area is 141 Å². The first kappa shape index (κ1) is 16.6. The second-order valence-electron chi connectivity index (χ2n) is 5.24. The summed E-state index contributed by atoms with van der Waals surface area (Å²) in [6.45, 7) is -0.0200. The molecule has 1 aromatic rings. The first-order chi connectivity index (χ1) is 9.84. The number of aryl methyl sites for hydroxylation is 1. The Balaban J connectivity index is 2.27. The van der Waals surface area contributed by atoms with E-state index in [9.17, 15) is 4.79 Å². The molecule has 1 aromatic heterocycles. The summed E-state index contributed by atoms with van der Waals surface area (Å²) in [6, 6.07) is 1.90. The molecule has 0 aliphatic heterocycles. The zero-order valence-electron chi connectivity index (χ0n) is 11.4. The lowest BCUT2D eigenvalue weighted by Crippen LogP contribution is -2.40. The molecule has 1 aliphatic rings. The topological polar surface area (TPSA) is 70.7 Å². The van der Waals surface area contributed by atoms with Crippen LogP contribution in [-0.2, 0) is 11.8 Å². The highest BCUT2D eigenvalue weighted by molar-refractivity contribution is 9.10. The van der Waals surface area contributed by atoms with Gasteiger partial charge in [0.2, 0.25) is 5.91 Å². The van der Waals surface area contributed by atoms with Crippen LogP contribution in [0.25, 0.3) is 0 Å². The summed E-state index contributed by atoms with van der Waals surface area (Å²) in [4.78, 5) is 12.3. The van der Waals surface area contributed by atoms with E-state index in [1.165, 1.54) is 0 Å². The maximum absolute atomic E-state index is 12.3. The number of amides is 1. The van der Waals surface area contributed by atoms with Gasteiger partial charge in [0.25, 0.3) is 0 Å². The van der Waals surface area contributed by atoms with E-state index in [4.69, 9.17) is 28.5 Å². The van der Waals surface area contributed by atoms with E-state index in [2.05, 4.69) is 26.3 Å². The maximum atomic E-state index is 12.3. The normalized spacial score (nSPS) is 24.3. The van der Waals surface area contributed by atoms with Crippen LogP contribution in [0.4, 0.5) is 0 Å². The number of nitrogens with one attached hydrogen (secondary N) is 1. The minimum atomic E-state index is -0.903. The zero-order chi connectivity index (χ0) is 15.6. The SMILES string of the molecule is Cn1cc(C2CCC(Cl)(Cl)CC2C(=O)NCC#N)c(Br)n1. The van der Waals surface area contributed by atoms with Crippen LogP contribution in [0.15, 0.2) is 10.8 Å². The van der Waals surface area contributed by atoms with Gasteiger partial charge in [-0.3, -0.25) is 9.48 Å². The second kappa shape index (κ2) is 6.55. The number of nitriles is 1. The van der Waals surface area contributed by atoms with Gasteiger partial charge in [0.1, 0.15) is 15.5 Å². The standard InChI is InChI=1S/C13H15BrCl2N4O/c1-20-7-10(11(14)19-20)8-2-3-13(15,16)6-9(8)12(21)18-5-4-17/h7-9H,2-3,5-6H2,1H3,(H,18,21). The Kier molecular flexibility index (Phi) is 5.18. The van der Waals surface area contributed by atoms with Gasteiger partial charge in [0.15, 0.2) is 0 Å². The molecule has 8 heteroatoms. The second-order valence-corrected chi connectivity index (χ2v) is 7.63. The third-order valence-corrected chi connectivity index (χ3v) is 5.02. The third-order valence-electron chi connectivity index (χ3n) is 3.71. The highest BCUT2D eigenvalue weighted by atomic mass is 79.9. The van der Waals surface area contributed by atoms with E-state index in [1.54, 1.807) is 4.68 Å². The molecule has 2 unspecified atom stereocenters. The van der Waals surface area contributed by atoms with Gasteiger partial charge in [0.05, 0.1) is 6.07 Å². The van der Waals surface area contributed by atoms with Crippen LogP contribution in [0, 0.1) is 17.2 Å². The average molecular weight is 394 g/mol. The van der Waals surface area contributed by atoms with E-state index in [0.29, 0.717) is 19.3 Å². The summed E-state index contributed by atoms with van der Waals surface area (Å²) in [5.74, 6) is -0.581. The fourth-order valence-electron chi connectivity index (χ4n) is 2.77. The summed E-state index contributed by atoms with van der Waals surface area (Å²) >= 11 is 15.9. The molecule has 1 aliphatic carbocycles. The number of rotatable bonds is 3. The van der Waals surface area contributed by atoms with Gasteiger partial charge in [-0.15, -0.1) is 23.2 Å². The fourth-order valence-corrected chi connectivity index (χ4v) is 3.96. The molecule has 1 fully saturated rings. The summed E-state index contributed by atoms with van der Waals surface area (Å²) in [5, 5.41) is 15.5. The van der Waals surface area contributed by atoms with Crippen LogP contribution in [0.3, 0.4) is 0 Å². The Morgan fingerprint density at radius 3 is 3.00 bits per heavy atom. The first-order valence-corrected chi connectivity index (χ1v) is 8.10. The van der Waals surface area contributed by atoms with E-state index in [1.807, 2.05) is 19.3 Å². The number of hydrogen-bond donors (Lipinski definition) is 1. The molecule has 1 heterocycles. The van der Waals surface area contributed by atoms with E-state index >= 15 is 0 Å². The van der Waals surface area contributed by atoms with Crippen molar-refractivity contribution in [1.82, 2.24) is 15.1 Å². The molecule has 1 amide bonds. The van der Waals surface area contributed by atoms with Gasteiger partial charge in [-0.2, -0.15) is 10.4 Å². The molecular formula is C13H15BrCl2N4O. The zero-order valence-corrected chi connectivity index (χ0v) is 14.5. The van der Waals surface area contributed by atoms with Crippen LogP contribution >= 0.6 is 39.1 Å². The van der Waals surface area contributed by atoms with Crippen molar-refractivity contribution < 1.29 is 4.79 Å². The van der Waals surface area contributed by atoms with Gasteiger partial charge >= 0.3 is 0 Å². The number of carbonyl (C=O) groups excluding carboxylic acids is 1. The highest BCUT2D eigenvalue weighted by Gasteiger charge is 2.43. The third kappa shape index (κ3) is 3.91. The molecule has 0 saturated heterocycles. The number of halogens is 3. The molecule has 21 heavy (non-hydrogen) atoms. The maximum Gasteiger partial charge on any atom is 0.224 e. The Hall–Kier alpha value is -0.770. The van der Waals surface area contributed by atoms with Crippen molar-refractivity contribution in [1.29, 1.82) is 5.26 Å². The van der Waals surface area contributed by atoms with E-state index in [0.717, 1.165) is 10.2 Å². The average Bonchev–Trinajstić information content (AvgIpc) is 2.74. The molecule has 5 nitrogen and oxygen atoms in total. The fraction of sp³-hybridized carbons (Fsp3) is 0.615. The molecule has 0 spiro atoms. The smallest absolute Gasteiger partial charge is 0.224 e. The van der Waals surface area contributed by atoms with Crippen LogP contribution < -0.4 is 5.32 Å². The monoisotopic (exact) mass is 392 g/mol. The molecule has 0 radical (unpaired) electrons. The van der Waals surface area contributed by atoms with Crippen LogP contribution in [0.2, 0.25) is 0 Å². The molecule has 0 bridgehead atoms. The predicted octanol–water partition coefficient (Wildman–Crippen LogP) is 2.88. The number of hydrogen-bond acceptors (Lipinski definition) is 3. The van der Waals surface area contributed by atoms with Crippen molar-refractivity contribution in [2.24, 2.45) is 13.0 Å². The number of aromatic nitrogens is 2. The van der Waals surface area contributed by atoms with Crippen molar-refractivity contribution in [2.75, 3.05) is 6.54 Å². The van der Waals surface area contributed by atoms with Crippen molar-refractivity contribution in [3.8, 4) is 6.07 Å². The van der Waals surface area contributed by atoms with Crippen molar-refractivity contribution in [3.63, 3.8) is 0 Å². The summed E-state index contributed by atoms with van der Waals surface area (Å²) < 4.78 is 1.52. The van der Waals surface area contributed by atoms with E-state index in [-0.39, 0.29) is 24.3 Å². The largest absolute Gasteiger partial charge is 0.343 e. The Morgan fingerprint density at radius 1 is 1.71 bits per heavy atom. The predicted molar refractivity (Wildman–Crippen MR) is 84.0 cm³/mol. The molecule has 2 rings (SSSR count). The van der Waals surface area contributed by atoms with Gasteiger partial charge in [-0.1, -0.05) is 0 Å². The molecule has 2 atom stereocenters. The number of alkyl halides is 2. The quantitative estimate of drug-likeness (QED) is 0.633. The number of carbonyl (C=O) groups is 1. The van der Waals surface area contributed by atoms with Crippen molar-refractivity contribution in [3.05, 3.63) is 16.4 Å². The van der Waals surface area contributed by atoms with Crippen molar-refractivity contribution >= 4 is 45.0 Å². The first-order valence-electron chi connectivity index (χ1n) is 6.55. The van der Waals surface area contributed by atoms with Gasteiger partial charge in [0, 0.05) is 24.7 Å². The Bertz CT molecular complexity index is 581. The van der Waals surface area contributed by atoms with Crippen LogP contribution in [0.5, 0.6) is 0 Å². The Morgan fingerprint density at radius 2 is 2.43 bits per heavy atom. The van der Waals surface area contributed by atoms with E-state index < -0.39 is 4.33 Å². The summed E-state index contributed by atoms with van der Waals surface area (Å²) in [5.41, 5.74) is 0.971. The lowest BCUT2D eigenvalue weighted by Gasteiger charge is -2.36. The lowest BCUT2D eigenvalue weighted by atomic mass is 9.75. The van der Waals surface area contributed by atoms with Gasteiger partial charge in [-0.05, 0) is 41.1 Å². The molecule has 114 valence electrons. The van der Waals surface area contributed by atoms with Gasteiger partial charge < -0.3 is 5.32 Å². The summed E-state index contributed by atoms with van der Waals surface area (Å²) in [7, 11) is 1.83. The lowest BCUT2D eigenvalue weighted by molar-refractivity contribution is -0.126. The minimum Gasteiger partial charge on any atom is -0.343 e. The van der Waals surface area contributed by atoms with Crippen molar-refractivity contribution in [2.45, 2.75) is 29.5 Å². The molecule has 1 N–H and O–H groups in total. The van der Waals surface area contributed by atoms with Gasteiger partial charge in [-0.25, -0.2) is 0 Å². The number of nitrogens with zero attached hydrogens (tertiary/aromatic N) is 3. The van der Waals surface area contributed by atoms with Crippen LogP contribution in [0.1, 0.15) is 30.7 Å². The molecular weight excluding hydrogens is 379 g/mol. The highest BCUT2D eigenvalue weighted by Crippen LogP contribution is 2.48. The molecule has 1 saturated carbocycles. The summed E-state index contributed by atoms with van der Waals surface area (Å²) in [6.07, 6.45) is 3.57. The minimum absolute atomic E-state index is 0.0163. The molecule has 0 aromatic carbocycles.